The summed E-state index contributed by atoms with van der Waals surface area (Å²) in [7, 11) is 0. The number of hydrogen-bond acceptors (Lipinski definition) is 3. The number of carbonyl (C=O) groups is 1. The Balaban J connectivity index is 2.14. The third-order valence-electron chi connectivity index (χ3n) is 2.92. The zero-order valence-corrected chi connectivity index (χ0v) is 9.22. The highest BCUT2D eigenvalue weighted by Crippen LogP contribution is 2.19. The van der Waals surface area contributed by atoms with E-state index in [9.17, 15) is 9.90 Å². The fourth-order valence-corrected chi connectivity index (χ4v) is 2.01. The van der Waals surface area contributed by atoms with Gasteiger partial charge in [-0.1, -0.05) is 12.8 Å². The van der Waals surface area contributed by atoms with E-state index in [0.717, 1.165) is 25.9 Å². The first-order chi connectivity index (χ1) is 7.79. The molecule has 1 aliphatic rings. The van der Waals surface area contributed by atoms with E-state index in [1.807, 2.05) is 4.90 Å². The topological polar surface area (TPSA) is 53.4 Å². The van der Waals surface area contributed by atoms with Crippen molar-refractivity contribution in [2.24, 2.45) is 0 Å². The zero-order chi connectivity index (χ0) is 11.4. The molecule has 0 aliphatic carbocycles. The summed E-state index contributed by atoms with van der Waals surface area (Å²) < 4.78 is 0. The van der Waals surface area contributed by atoms with Gasteiger partial charge in [0.25, 0.3) is 5.91 Å². The first-order valence-corrected chi connectivity index (χ1v) is 5.71. The van der Waals surface area contributed by atoms with Crippen molar-refractivity contribution < 1.29 is 9.90 Å². The second-order valence-electron chi connectivity index (χ2n) is 4.10. The second kappa shape index (κ2) is 4.96. The number of carbonyl (C=O) groups excluding carboxylic acids is 1. The van der Waals surface area contributed by atoms with E-state index in [1.54, 1.807) is 6.07 Å². The molecule has 0 spiro atoms. The predicted octanol–water partition coefficient (Wildman–Crippen LogP) is 1.80. The van der Waals surface area contributed by atoms with Crippen molar-refractivity contribution in [3.63, 3.8) is 0 Å². The van der Waals surface area contributed by atoms with Gasteiger partial charge >= 0.3 is 0 Å². The molecule has 1 aromatic rings. The molecule has 0 aromatic carbocycles. The van der Waals surface area contributed by atoms with Gasteiger partial charge in [0.1, 0.15) is 5.75 Å². The molecular formula is C12H16N2O2. The Hall–Kier alpha value is -1.58. The Kier molecular flexibility index (Phi) is 3.39. The first kappa shape index (κ1) is 10.9. The summed E-state index contributed by atoms with van der Waals surface area (Å²) in [6.45, 7) is 1.58. The molecule has 1 saturated heterocycles. The van der Waals surface area contributed by atoms with E-state index in [4.69, 9.17) is 0 Å². The molecule has 1 fully saturated rings. The van der Waals surface area contributed by atoms with Crippen LogP contribution < -0.4 is 0 Å². The van der Waals surface area contributed by atoms with Crippen molar-refractivity contribution in [1.29, 1.82) is 0 Å². The third-order valence-corrected chi connectivity index (χ3v) is 2.92. The summed E-state index contributed by atoms with van der Waals surface area (Å²) in [5, 5.41) is 9.57. The molecule has 2 heterocycles. The highest BCUT2D eigenvalue weighted by Gasteiger charge is 2.19. The molecule has 0 saturated carbocycles. The number of pyridine rings is 1. The molecule has 2 rings (SSSR count). The van der Waals surface area contributed by atoms with Crippen LogP contribution in [-0.4, -0.2) is 34.0 Å². The van der Waals surface area contributed by atoms with Gasteiger partial charge in [0, 0.05) is 19.3 Å². The molecule has 0 bridgehead atoms. The normalized spacial score (nSPS) is 16.9. The van der Waals surface area contributed by atoms with Gasteiger partial charge in [-0.05, 0) is 18.9 Å². The third kappa shape index (κ3) is 2.32. The average Bonchev–Trinajstić information content (AvgIpc) is 2.57. The van der Waals surface area contributed by atoms with Crippen molar-refractivity contribution in [2.45, 2.75) is 25.7 Å². The van der Waals surface area contributed by atoms with Crippen molar-refractivity contribution >= 4 is 5.91 Å². The van der Waals surface area contributed by atoms with Crippen LogP contribution in [0.5, 0.6) is 5.75 Å². The highest BCUT2D eigenvalue weighted by atomic mass is 16.3. The summed E-state index contributed by atoms with van der Waals surface area (Å²) in [6, 6.07) is 1.57. The minimum atomic E-state index is -0.0817. The van der Waals surface area contributed by atoms with Crippen LogP contribution >= 0.6 is 0 Å². The standard InChI is InChI=1S/C12H16N2O2/c15-11-9-13-6-5-10(11)12(16)14-7-3-1-2-4-8-14/h5-6,9,15H,1-4,7-8H2. The van der Waals surface area contributed by atoms with Gasteiger partial charge in [-0.2, -0.15) is 0 Å². The zero-order valence-electron chi connectivity index (χ0n) is 9.22. The minimum absolute atomic E-state index is 0.0308. The van der Waals surface area contributed by atoms with Crippen LogP contribution in [0.15, 0.2) is 18.5 Å². The van der Waals surface area contributed by atoms with Gasteiger partial charge in [-0.3, -0.25) is 9.78 Å². The number of aromatic nitrogens is 1. The molecule has 16 heavy (non-hydrogen) atoms. The SMILES string of the molecule is O=C(c1ccncc1O)N1CCCCCC1. The number of rotatable bonds is 1. The maximum Gasteiger partial charge on any atom is 0.257 e. The number of likely N-dealkylation sites (tertiary alicyclic amines) is 1. The molecule has 4 nitrogen and oxygen atoms in total. The largest absolute Gasteiger partial charge is 0.505 e. The Morgan fingerprint density at radius 2 is 1.94 bits per heavy atom. The van der Waals surface area contributed by atoms with Gasteiger partial charge in [0.05, 0.1) is 11.8 Å². The summed E-state index contributed by atoms with van der Waals surface area (Å²) in [5.41, 5.74) is 0.358. The van der Waals surface area contributed by atoms with E-state index in [2.05, 4.69) is 4.98 Å². The van der Waals surface area contributed by atoms with E-state index < -0.39 is 0 Å². The average molecular weight is 220 g/mol. The Labute approximate surface area is 94.9 Å². The smallest absolute Gasteiger partial charge is 0.257 e. The minimum Gasteiger partial charge on any atom is -0.505 e. The second-order valence-corrected chi connectivity index (χ2v) is 4.10. The van der Waals surface area contributed by atoms with Crippen LogP contribution in [-0.2, 0) is 0 Å². The van der Waals surface area contributed by atoms with E-state index in [0.29, 0.717) is 5.56 Å². The molecule has 4 heteroatoms. The number of hydrogen-bond donors (Lipinski definition) is 1. The van der Waals surface area contributed by atoms with Gasteiger partial charge in [0.2, 0.25) is 0 Å². The lowest BCUT2D eigenvalue weighted by molar-refractivity contribution is 0.0758. The van der Waals surface area contributed by atoms with Gasteiger partial charge in [-0.15, -0.1) is 0 Å². The summed E-state index contributed by atoms with van der Waals surface area (Å²) in [6.07, 6.45) is 7.32. The fraction of sp³-hybridized carbons (Fsp3) is 0.500. The van der Waals surface area contributed by atoms with E-state index >= 15 is 0 Å². The molecule has 0 unspecified atom stereocenters. The van der Waals surface area contributed by atoms with Crippen LogP contribution in [0.1, 0.15) is 36.0 Å². The fourth-order valence-electron chi connectivity index (χ4n) is 2.01. The molecule has 1 amide bonds. The Morgan fingerprint density at radius 1 is 1.25 bits per heavy atom. The van der Waals surface area contributed by atoms with Gasteiger partial charge in [-0.25, -0.2) is 0 Å². The van der Waals surface area contributed by atoms with Crippen molar-refractivity contribution in [1.82, 2.24) is 9.88 Å². The van der Waals surface area contributed by atoms with E-state index in [-0.39, 0.29) is 11.7 Å². The molecule has 86 valence electrons. The van der Waals surface area contributed by atoms with Crippen LogP contribution in [0.2, 0.25) is 0 Å². The number of nitrogens with zero attached hydrogens (tertiary/aromatic N) is 2. The van der Waals surface area contributed by atoms with Crippen LogP contribution in [0.3, 0.4) is 0 Å². The number of aromatic hydroxyl groups is 1. The first-order valence-electron chi connectivity index (χ1n) is 5.71. The molecule has 1 aliphatic heterocycles. The van der Waals surface area contributed by atoms with Gasteiger partial charge in [0.15, 0.2) is 0 Å². The lowest BCUT2D eigenvalue weighted by atomic mass is 10.2. The van der Waals surface area contributed by atoms with Crippen LogP contribution in [0.25, 0.3) is 0 Å². The summed E-state index contributed by atoms with van der Waals surface area (Å²) in [5.74, 6) is -0.112. The lowest BCUT2D eigenvalue weighted by Gasteiger charge is -2.20. The lowest BCUT2D eigenvalue weighted by Crippen LogP contribution is -2.31. The Morgan fingerprint density at radius 3 is 2.56 bits per heavy atom. The molecular weight excluding hydrogens is 204 g/mol. The molecule has 0 atom stereocenters. The highest BCUT2D eigenvalue weighted by molar-refractivity contribution is 5.96. The van der Waals surface area contributed by atoms with Crippen molar-refractivity contribution in [2.75, 3.05) is 13.1 Å². The van der Waals surface area contributed by atoms with Crippen LogP contribution in [0, 0.1) is 0 Å². The molecule has 0 radical (unpaired) electrons. The summed E-state index contributed by atoms with van der Waals surface area (Å²) in [4.78, 5) is 17.7. The van der Waals surface area contributed by atoms with E-state index in [1.165, 1.54) is 25.2 Å². The number of amides is 1. The maximum absolute atomic E-state index is 12.1. The summed E-state index contributed by atoms with van der Waals surface area (Å²) >= 11 is 0. The quantitative estimate of drug-likeness (QED) is 0.785. The molecule has 1 N–H and O–H groups in total. The maximum atomic E-state index is 12.1. The van der Waals surface area contributed by atoms with Crippen molar-refractivity contribution in [3.8, 4) is 5.75 Å². The van der Waals surface area contributed by atoms with Gasteiger partial charge < -0.3 is 10.0 Å². The van der Waals surface area contributed by atoms with Crippen molar-refractivity contribution in [3.05, 3.63) is 24.0 Å². The Bertz CT molecular complexity index is 371. The molecule has 1 aromatic heterocycles. The monoisotopic (exact) mass is 220 g/mol. The predicted molar refractivity (Wildman–Crippen MR) is 60.3 cm³/mol. The van der Waals surface area contributed by atoms with Crippen LogP contribution in [0.4, 0.5) is 0 Å².